The first-order chi connectivity index (χ1) is 9.00. The maximum absolute atomic E-state index is 12.5. The predicted octanol–water partition coefficient (Wildman–Crippen LogP) is 3.02. The Morgan fingerprint density at radius 1 is 1.35 bits per heavy atom. The molecule has 0 aromatic heterocycles. The van der Waals surface area contributed by atoms with Gasteiger partial charge in [0.05, 0.1) is 5.41 Å². The van der Waals surface area contributed by atoms with Crippen LogP contribution in [-0.4, -0.2) is 25.0 Å². The first-order valence-electron chi connectivity index (χ1n) is 6.78. The second-order valence-corrected chi connectivity index (χ2v) is 6.55. The summed E-state index contributed by atoms with van der Waals surface area (Å²) in [6.45, 7) is 5.93. The summed E-state index contributed by atoms with van der Waals surface area (Å²) in [6, 6.07) is 8.28. The lowest BCUT2D eigenvalue weighted by molar-refractivity contribution is -0.126. The van der Waals surface area contributed by atoms with Crippen molar-refractivity contribution in [3.05, 3.63) is 34.3 Å². The molecule has 0 atom stereocenters. The highest BCUT2D eigenvalue weighted by Gasteiger charge is 2.31. The lowest BCUT2D eigenvalue weighted by atomic mass is 9.83. The van der Waals surface area contributed by atoms with E-state index in [4.69, 9.17) is 0 Å². The van der Waals surface area contributed by atoms with E-state index in [9.17, 15) is 4.79 Å². The Bertz CT molecular complexity index is 459. The molecule has 0 bridgehead atoms. The SMILES string of the molecule is CC(C)(C(=O)NC1CCNCC1)c1cccc(Br)c1.Cl. The van der Waals surface area contributed by atoms with Gasteiger partial charge in [-0.1, -0.05) is 28.1 Å². The Morgan fingerprint density at radius 2 is 2.00 bits per heavy atom. The number of benzene rings is 1. The Hall–Kier alpha value is -0.580. The van der Waals surface area contributed by atoms with Gasteiger partial charge in [0.2, 0.25) is 5.91 Å². The van der Waals surface area contributed by atoms with Gasteiger partial charge in [-0.15, -0.1) is 12.4 Å². The quantitative estimate of drug-likeness (QED) is 0.869. The highest BCUT2D eigenvalue weighted by atomic mass is 79.9. The molecule has 0 aliphatic carbocycles. The lowest BCUT2D eigenvalue weighted by Gasteiger charge is -2.30. The average Bonchev–Trinajstić information content (AvgIpc) is 2.40. The molecule has 2 rings (SSSR count). The number of rotatable bonds is 3. The van der Waals surface area contributed by atoms with Crippen molar-refractivity contribution in [3.63, 3.8) is 0 Å². The maximum atomic E-state index is 12.5. The van der Waals surface area contributed by atoms with E-state index < -0.39 is 5.41 Å². The first kappa shape index (κ1) is 17.5. The van der Waals surface area contributed by atoms with Crippen LogP contribution in [0.1, 0.15) is 32.3 Å². The summed E-state index contributed by atoms with van der Waals surface area (Å²) in [7, 11) is 0. The molecule has 20 heavy (non-hydrogen) atoms. The monoisotopic (exact) mass is 360 g/mol. The molecular weight excluding hydrogens is 340 g/mol. The Balaban J connectivity index is 0.00000200. The van der Waals surface area contributed by atoms with E-state index in [0.717, 1.165) is 36.0 Å². The van der Waals surface area contributed by atoms with Gasteiger partial charge in [0.15, 0.2) is 0 Å². The van der Waals surface area contributed by atoms with Gasteiger partial charge in [-0.2, -0.15) is 0 Å². The van der Waals surface area contributed by atoms with Crippen molar-refractivity contribution in [2.75, 3.05) is 13.1 Å². The average molecular weight is 362 g/mol. The minimum absolute atomic E-state index is 0. The number of nitrogens with one attached hydrogen (secondary N) is 2. The summed E-state index contributed by atoms with van der Waals surface area (Å²) >= 11 is 3.46. The Labute approximate surface area is 135 Å². The fourth-order valence-electron chi connectivity index (χ4n) is 2.34. The number of hydrogen-bond donors (Lipinski definition) is 2. The van der Waals surface area contributed by atoms with E-state index >= 15 is 0 Å². The van der Waals surface area contributed by atoms with Crippen LogP contribution in [0.3, 0.4) is 0 Å². The number of piperidine rings is 1. The molecule has 1 aromatic rings. The van der Waals surface area contributed by atoms with Crippen molar-refractivity contribution in [3.8, 4) is 0 Å². The number of amides is 1. The van der Waals surface area contributed by atoms with Crippen molar-refractivity contribution in [1.82, 2.24) is 10.6 Å². The minimum Gasteiger partial charge on any atom is -0.353 e. The van der Waals surface area contributed by atoms with Crippen LogP contribution in [0.4, 0.5) is 0 Å². The van der Waals surface area contributed by atoms with E-state index in [1.165, 1.54) is 0 Å². The van der Waals surface area contributed by atoms with Crippen LogP contribution < -0.4 is 10.6 Å². The van der Waals surface area contributed by atoms with Crippen LogP contribution in [-0.2, 0) is 10.2 Å². The topological polar surface area (TPSA) is 41.1 Å². The van der Waals surface area contributed by atoms with Crippen LogP contribution in [0.15, 0.2) is 28.7 Å². The molecule has 0 saturated carbocycles. The highest BCUT2D eigenvalue weighted by Crippen LogP contribution is 2.26. The Morgan fingerprint density at radius 3 is 2.60 bits per heavy atom. The molecule has 1 aliphatic rings. The summed E-state index contributed by atoms with van der Waals surface area (Å²) in [4.78, 5) is 12.5. The molecule has 0 spiro atoms. The third-order valence-electron chi connectivity index (χ3n) is 3.79. The molecular formula is C15H22BrClN2O. The van der Waals surface area contributed by atoms with Gasteiger partial charge in [-0.3, -0.25) is 4.79 Å². The fourth-order valence-corrected chi connectivity index (χ4v) is 2.74. The van der Waals surface area contributed by atoms with E-state index in [1.54, 1.807) is 0 Å². The molecule has 5 heteroatoms. The Kier molecular flexibility index (Phi) is 6.49. The van der Waals surface area contributed by atoms with Crippen molar-refractivity contribution < 1.29 is 4.79 Å². The largest absolute Gasteiger partial charge is 0.353 e. The van der Waals surface area contributed by atoms with Crippen LogP contribution >= 0.6 is 28.3 Å². The van der Waals surface area contributed by atoms with Gasteiger partial charge in [-0.05, 0) is 57.5 Å². The normalized spacial score (nSPS) is 16.4. The van der Waals surface area contributed by atoms with Crippen molar-refractivity contribution in [2.24, 2.45) is 0 Å². The summed E-state index contributed by atoms with van der Waals surface area (Å²) < 4.78 is 1.01. The zero-order valence-corrected chi connectivity index (χ0v) is 14.3. The second-order valence-electron chi connectivity index (χ2n) is 5.63. The molecule has 1 heterocycles. The van der Waals surface area contributed by atoms with Gasteiger partial charge < -0.3 is 10.6 Å². The van der Waals surface area contributed by atoms with Crippen LogP contribution in [0.5, 0.6) is 0 Å². The van der Waals surface area contributed by atoms with E-state index in [0.29, 0.717) is 6.04 Å². The molecule has 0 unspecified atom stereocenters. The van der Waals surface area contributed by atoms with Gasteiger partial charge in [0.1, 0.15) is 0 Å². The molecule has 1 aliphatic heterocycles. The van der Waals surface area contributed by atoms with Gasteiger partial charge >= 0.3 is 0 Å². The molecule has 2 N–H and O–H groups in total. The zero-order chi connectivity index (χ0) is 13.9. The van der Waals surface area contributed by atoms with Gasteiger partial charge in [-0.25, -0.2) is 0 Å². The van der Waals surface area contributed by atoms with Gasteiger partial charge in [0.25, 0.3) is 0 Å². The van der Waals surface area contributed by atoms with E-state index in [2.05, 4.69) is 26.6 Å². The fraction of sp³-hybridized carbons (Fsp3) is 0.533. The summed E-state index contributed by atoms with van der Waals surface area (Å²) in [5, 5.41) is 6.49. The zero-order valence-electron chi connectivity index (χ0n) is 11.9. The summed E-state index contributed by atoms with van der Waals surface area (Å²) in [6.07, 6.45) is 2.03. The van der Waals surface area contributed by atoms with E-state index in [1.807, 2.05) is 38.1 Å². The lowest BCUT2D eigenvalue weighted by Crippen LogP contribution is -2.48. The molecule has 1 fully saturated rings. The standard InChI is InChI=1S/C15H21BrN2O.ClH/c1-15(2,11-4-3-5-12(16)10-11)14(19)18-13-6-8-17-9-7-13;/h3-5,10,13,17H,6-9H2,1-2H3,(H,18,19);1H. The predicted molar refractivity (Wildman–Crippen MR) is 88.5 cm³/mol. The number of carbonyl (C=O) groups excluding carboxylic acids is 1. The number of hydrogen-bond acceptors (Lipinski definition) is 2. The summed E-state index contributed by atoms with van der Waals surface area (Å²) in [5.41, 5.74) is 0.530. The highest BCUT2D eigenvalue weighted by molar-refractivity contribution is 9.10. The maximum Gasteiger partial charge on any atom is 0.230 e. The third-order valence-corrected chi connectivity index (χ3v) is 4.28. The number of halogens is 2. The van der Waals surface area contributed by atoms with Crippen LogP contribution in [0, 0.1) is 0 Å². The molecule has 3 nitrogen and oxygen atoms in total. The van der Waals surface area contributed by atoms with Crippen LogP contribution in [0.2, 0.25) is 0 Å². The second kappa shape index (κ2) is 7.43. The third kappa shape index (κ3) is 4.21. The number of carbonyl (C=O) groups is 1. The molecule has 1 saturated heterocycles. The van der Waals surface area contributed by atoms with Crippen molar-refractivity contribution in [2.45, 2.75) is 38.1 Å². The first-order valence-corrected chi connectivity index (χ1v) is 7.57. The molecule has 1 amide bonds. The molecule has 0 radical (unpaired) electrons. The van der Waals surface area contributed by atoms with E-state index in [-0.39, 0.29) is 18.3 Å². The minimum atomic E-state index is -0.505. The summed E-state index contributed by atoms with van der Waals surface area (Å²) in [5.74, 6) is 0.109. The van der Waals surface area contributed by atoms with Crippen LogP contribution in [0.25, 0.3) is 0 Å². The van der Waals surface area contributed by atoms with Crippen molar-refractivity contribution in [1.29, 1.82) is 0 Å². The van der Waals surface area contributed by atoms with Gasteiger partial charge in [0, 0.05) is 10.5 Å². The molecule has 1 aromatic carbocycles. The van der Waals surface area contributed by atoms with Crippen molar-refractivity contribution >= 4 is 34.2 Å². The molecule has 112 valence electrons. The smallest absolute Gasteiger partial charge is 0.230 e.